The summed E-state index contributed by atoms with van der Waals surface area (Å²) in [6.45, 7) is 2.46. The van der Waals surface area contributed by atoms with Crippen LogP contribution < -0.4 is 5.32 Å². The molecule has 3 heterocycles. The van der Waals surface area contributed by atoms with Crippen molar-refractivity contribution in [2.45, 2.75) is 19.0 Å². The molecule has 2 atom stereocenters. The molecule has 28 heavy (non-hydrogen) atoms. The van der Waals surface area contributed by atoms with Gasteiger partial charge in [0.1, 0.15) is 11.5 Å². The predicted molar refractivity (Wildman–Crippen MR) is 91.3 cm³/mol. The van der Waals surface area contributed by atoms with E-state index in [2.05, 4.69) is 15.6 Å². The average molecular weight is 397 g/mol. The summed E-state index contributed by atoms with van der Waals surface area (Å²) < 4.78 is 55.7. The Morgan fingerprint density at radius 2 is 1.75 bits per heavy atom. The molecule has 2 fully saturated rings. The predicted octanol–water partition coefficient (Wildman–Crippen LogP) is 2.50. The lowest BCUT2D eigenvalue weighted by molar-refractivity contribution is -0.143. The van der Waals surface area contributed by atoms with E-state index in [0.29, 0.717) is 29.6 Å². The van der Waals surface area contributed by atoms with Crippen LogP contribution in [0.5, 0.6) is 0 Å². The van der Waals surface area contributed by atoms with E-state index >= 15 is 0 Å². The highest BCUT2D eigenvalue weighted by molar-refractivity contribution is 5.93. The number of nitrogens with one attached hydrogen (secondary N) is 1. The van der Waals surface area contributed by atoms with Gasteiger partial charge in [-0.25, -0.2) is 9.07 Å². The van der Waals surface area contributed by atoms with Gasteiger partial charge in [0.2, 0.25) is 0 Å². The molecule has 0 unspecified atom stereocenters. The maximum absolute atomic E-state index is 14.0. The number of halogens is 4. The van der Waals surface area contributed by atoms with Crippen LogP contribution in [0.3, 0.4) is 0 Å². The molecule has 0 bridgehead atoms. The Bertz CT molecular complexity index is 867. The van der Waals surface area contributed by atoms with Crippen molar-refractivity contribution in [1.29, 1.82) is 0 Å². The standard InChI is InChI=1S/C18H19F4N5O/c19-13-3-1-2-4-14(13)27-16(18(20,21)22)15(24-25-27)17(28)26-7-5-11-9-23-10-12(11)6-8-26/h1-4,11-12,23H,5-10H2/t11-,12+. The second kappa shape index (κ2) is 7.16. The number of para-hydroxylation sites is 1. The summed E-state index contributed by atoms with van der Waals surface area (Å²) in [5.41, 5.74) is -2.55. The third-order valence-corrected chi connectivity index (χ3v) is 5.53. The highest BCUT2D eigenvalue weighted by Gasteiger charge is 2.43. The zero-order chi connectivity index (χ0) is 19.9. The summed E-state index contributed by atoms with van der Waals surface area (Å²) >= 11 is 0. The van der Waals surface area contributed by atoms with Gasteiger partial charge < -0.3 is 10.2 Å². The topological polar surface area (TPSA) is 63.1 Å². The Morgan fingerprint density at radius 1 is 1.11 bits per heavy atom. The molecule has 0 spiro atoms. The Hall–Kier alpha value is -2.49. The van der Waals surface area contributed by atoms with E-state index in [4.69, 9.17) is 0 Å². The number of hydrogen-bond acceptors (Lipinski definition) is 4. The van der Waals surface area contributed by atoms with Crippen LogP contribution in [0, 0.1) is 17.7 Å². The van der Waals surface area contributed by atoms with Crippen molar-refractivity contribution in [2.75, 3.05) is 26.2 Å². The second-order valence-corrected chi connectivity index (χ2v) is 7.20. The van der Waals surface area contributed by atoms with Gasteiger partial charge in [-0.15, -0.1) is 5.10 Å². The first-order valence-corrected chi connectivity index (χ1v) is 9.14. The molecule has 1 N–H and O–H groups in total. The molecule has 2 aromatic rings. The fraction of sp³-hybridized carbons (Fsp3) is 0.500. The van der Waals surface area contributed by atoms with E-state index in [-0.39, 0.29) is 0 Å². The van der Waals surface area contributed by atoms with Crippen molar-refractivity contribution in [3.05, 3.63) is 41.5 Å². The molecule has 6 nitrogen and oxygen atoms in total. The lowest BCUT2D eigenvalue weighted by Crippen LogP contribution is -2.34. The number of nitrogens with zero attached hydrogens (tertiary/aromatic N) is 4. The lowest BCUT2D eigenvalue weighted by atomic mass is 9.92. The summed E-state index contributed by atoms with van der Waals surface area (Å²) in [5.74, 6) is -0.849. The minimum Gasteiger partial charge on any atom is -0.337 e. The van der Waals surface area contributed by atoms with Gasteiger partial charge >= 0.3 is 6.18 Å². The third kappa shape index (κ3) is 3.36. The molecular formula is C18H19F4N5O. The van der Waals surface area contributed by atoms with Gasteiger partial charge in [-0.2, -0.15) is 13.2 Å². The maximum Gasteiger partial charge on any atom is 0.435 e. The van der Waals surface area contributed by atoms with E-state index < -0.39 is 35.0 Å². The number of benzene rings is 1. The van der Waals surface area contributed by atoms with Crippen molar-refractivity contribution in [1.82, 2.24) is 25.2 Å². The van der Waals surface area contributed by atoms with E-state index in [1.165, 1.54) is 17.0 Å². The summed E-state index contributed by atoms with van der Waals surface area (Å²) in [7, 11) is 0. The maximum atomic E-state index is 14.0. The second-order valence-electron chi connectivity index (χ2n) is 7.20. The van der Waals surface area contributed by atoms with Crippen molar-refractivity contribution in [3.8, 4) is 5.69 Å². The molecule has 0 saturated carbocycles. The van der Waals surface area contributed by atoms with Gasteiger partial charge in [0.25, 0.3) is 5.91 Å². The van der Waals surface area contributed by atoms with Crippen LogP contribution in [0.1, 0.15) is 29.0 Å². The molecular weight excluding hydrogens is 378 g/mol. The Morgan fingerprint density at radius 3 is 2.36 bits per heavy atom. The van der Waals surface area contributed by atoms with Gasteiger partial charge in [0.05, 0.1) is 0 Å². The van der Waals surface area contributed by atoms with Crippen molar-refractivity contribution < 1.29 is 22.4 Å². The van der Waals surface area contributed by atoms with Crippen LogP contribution in [0.15, 0.2) is 24.3 Å². The van der Waals surface area contributed by atoms with Gasteiger partial charge in [-0.05, 0) is 49.9 Å². The van der Waals surface area contributed by atoms with Crippen LogP contribution in [-0.4, -0.2) is 52.0 Å². The fourth-order valence-electron chi connectivity index (χ4n) is 4.04. The van der Waals surface area contributed by atoms with Crippen LogP contribution in [-0.2, 0) is 6.18 Å². The highest BCUT2D eigenvalue weighted by Crippen LogP contribution is 2.34. The minimum absolute atomic E-state index is 0.360. The number of alkyl halides is 3. The number of fused-ring (bicyclic) bond motifs is 1. The molecule has 1 amide bonds. The summed E-state index contributed by atoms with van der Waals surface area (Å²) in [6.07, 6.45) is -3.46. The number of likely N-dealkylation sites (tertiary alicyclic amines) is 1. The monoisotopic (exact) mass is 397 g/mol. The normalized spacial score (nSPS) is 22.8. The molecule has 10 heteroatoms. The van der Waals surface area contributed by atoms with E-state index in [9.17, 15) is 22.4 Å². The smallest absolute Gasteiger partial charge is 0.337 e. The SMILES string of the molecule is O=C(c1nnn(-c2ccccc2F)c1C(F)(F)F)N1CC[C@@H]2CNC[C@@H]2CC1. The molecule has 0 radical (unpaired) electrons. The summed E-state index contributed by atoms with van der Waals surface area (Å²) in [5, 5.41) is 10.3. The zero-order valence-electron chi connectivity index (χ0n) is 14.9. The first kappa shape index (κ1) is 18.9. The number of carbonyl (C=O) groups excluding carboxylic acids is 1. The van der Waals surface area contributed by atoms with Gasteiger partial charge in [-0.1, -0.05) is 17.3 Å². The van der Waals surface area contributed by atoms with Crippen LogP contribution in [0.2, 0.25) is 0 Å². The number of rotatable bonds is 2. The highest BCUT2D eigenvalue weighted by atomic mass is 19.4. The first-order valence-electron chi connectivity index (χ1n) is 9.14. The number of hydrogen-bond donors (Lipinski definition) is 1. The Labute approximate surface area is 158 Å². The quantitative estimate of drug-likeness (QED) is 0.791. The summed E-state index contributed by atoms with van der Waals surface area (Å²) in [6, 6.07) is 4.94. The minimum atomic E-state index is -4.91. The molecule has 1 aromatic carbocycles. The Balaban J connectivity index is 1.68. The lowest BCUT2D eigenvalue weighted by Gasteiger charge is -2.20. The molecule has 0 aliphatic carbocycles. The number of carbonyl (C=O) groups is 1. The third-order valence-electron chi connectivity index (χ3n) is 5.53. The summed E-state index contributed by atoms with van der Waals surface area (Å²) in [4.78, 5) is 14.3. The average Bonchev–Trinajstić information content (AvgIpc) is 3.24. The fourth-order valence-corrected chi connectivity index (χ4v) is 4.04. The largest absolute Gasteiger partial charge is 0.435 e. The molecule has 1 aromatic heterocycles. The van der Waals surface area contributed by atoms with E-state index in [0.717, 1.165) is 38.1 Å². The van der Waals surface area contributed by atoms with Crippen molar-refractivity contribution >= 4 is 5.91 Å². The van der Waals surface area contributed by atoms with E-state index in [1.807, 2.05) is 0 Å². The van der Waals surface area contributed by atoms with Gasteiger partial charge in [0.15, 0.2) is 11.4 Å². The van der Waals surface area contributed by atoms with E-state index in [1.54, 1.807) is 0 Å². The van der Waals surface area contributed by atoms with Crippen LogP contribution in [0.4, 0.5) is 17.6 Å². The number of aromatic nitrogens is 3. The number of amides is 1. The van der Waals surface area contributed by atoms with Gasteiger partial charge in [0, 0.05) is 13.1 Å². The Kier molecular flexibility index (Phi) is 4.82. The molecule has 2 saturated heterocycles. The zero-order valence-corrected chi connectivity index (χ0v) is 14.9. The molecule has 2 aliphatic rings. The molecule has 150 valence electrons. The molecule has 4 rings (SSSR count). The van der Waals surface area contributed by atoms with Crippen molar-refractivity contribution in [2.24, 2.45) is 11.8 Å². The van der Waals surface area contributed by atoms with Gasteiger partial charge in [-0.3, -0.25) is 4.79 Å². The van der Waals surface area contributed by atoms with Crippen LogP contribution in [0.25, 0.3) is 5.69 Å². The molecule has 2 aliphatic heterocycles. The first-order chi connectivity index (χ1) is 13.4. The van der Waals surface area contributed by atoms with Crippen molar-refractivity contribution in [3.63, 3.8) is 0 Å². The van der Waals surface area contributed by atoms with Crippen LogP contribution >= 0.6 is 0 Å².